The van der Waals surface area contributed by atoms with Gasteiger partial charge in [0.2, 0.25) is 5.91 Å². The van der Waals surface area contributed by atoms with Crippen molar-refractivity contribution in [3.8, 4) is 0 Å². The van der Waals surface area contributed by atoms with Gasteiger partial charge in [-0.25, -0.2) is 0 Å². The first-order valence-electron chi connectivity index (χ1n) is 6.30. The van der Waals surface area contributed by atoms with Crippen LogP contribution in [0.2, 0.25) is 0 Å². The first kappa shape index (κ1) is 13.8. The molecule has 0 radical (unpaired) electrons. The number of carbonyl (C=O) groups excluding carboxylic acids is 1. The van der Waals surface area contributed by atoms with Crippen molar-refractivity contribution >= 4 is 17.7 Å². The molecule has 1 saturated heterocycles. The smallest absolute Gasteiger partial charge is 0.240 e. The van der Waals surface area contributed by atoms with Crippen LogP contribution in [0.15, 0.2) is 0 Å². The van der Waals surface area contributed by atoms with Crippen LogP contribution in [0.5, 0.6) is 0 Å². The quantitative estimate of drug-likeness (QED) is 0.664. The Labute approximate surface area is 103 Å². The van der Waals surface area contributed by atoms with Gasteiger partial charge in [-0.1, -0.05) is 19.8 Å². The predicted molar refractivity (Wildman–Crippen MR) is 70.6 cm³/mol. The molecular formula is C12H24N2OS. The van der Waals surface area contributed by atoms with Crippen LogP contribution >= 0.6 is 11.8 Å². The lowest BCUT2D eigenvalue weighted by atomic mass is 10.1. The lowest BCUT2D eigenvalue weighted by Crippen LogP contribution is -2.31. The second kappa shape index (κ2) is 7.96. The van der Waals surface area contributed by atoms with Crippen molar-refractivity contribution in [1.82, 2.24) is 10.2 Å². The van der Waals surface area contributed by atoms with E-state index in [0.29, 0.717) is 5.91 Å². The van der Waals surface area contributed by atoms with E-state index < -0.39 is 0 Å². The maximum absolute atomic E-state index is 11.9. The Morgan fingerprint density at radius 3 is 2.94 bits per heavy atom. The summed E-state index contributed by atoms with van der Waals surface area (Å²) in [5, 5.41) is 3.28. The number of hydrogen-bond donors (Lipinski definition) is 1. The van der Waals surface area contributed by atoms with Gasteiger partial charge in [0.05, 0.1) is 12.7 Å². The molecule has 1 fully saturated rings. The molecule has 0 aromatic carbocycles. The van der Waals surface area contributed by atoms with Crippen LogP contribution < -0.4 is 5.32 Å². The van der Waals surface area contributed by atoms with E-state index in [0.717, 1.165) is 32.5 Å². The highest BCUT2D eigenvalue weighted by atomic mass is 32.2. The van der Waals surface area contributed by atoms with Crippen molar-refractivity contribution in [2.24, 2.45) is 0 Å². The van der Waals surface area contributed by atoms with Crippen molar-refractivity contribution in [2.45, 2.75) is 45.1 Å². The molecule has 0 bridgehead atoms. The van der Waals surface area contributed by atoms with E-state index in [1.54, 1.807) is 0 Å². The summed E-state index contributed by atoms with van der Waals surface area (Å²) in [7, 11) is 0. The first-order chi connectivity index (χ1) is 7.79. The van der Waals surface area contributed by atoms with Crippen molar-refractivity contribution in [3.05, 3.63) is 0 Å². The molecule has 1 N–H and O–H groups in total. The molecule has 0 aliphatic carbocycles. The van der Waals surface area contributed by atoms with Gasteiger partial charge in [0.15, 0.2) is 0 Å². The minimum atomic E-state index is 0.0937. The van der Waals surface area contributed by atoms with E-state index in [4.69, 9.17) is 0 Å². The van der Waals surface area contributed by atoms with Crippen LogP contribution in [-0.2, 0) is 4.79 Å². The van der Waals surface area contributed by atoms with Crippen molar-refractivity contribution in [2.75, 3.05) is 25.2 Å². The number of nitrogens with zero attached hydrogens (tertiary/aromatic N) is 1. The standard InChI is InChI=1S/C12H24N2OS/c1-3-7-11-12(15)14(10-13-11)8-5-4-6-9-16-2/h11,13H,3-10H2,1-2H3. The monoisotopic (exact) mass is 244 g/mol. The fraction of sp³-hybridized carbons (Fsp3) is 0.917. The summed E-state index contributed by atoms with van der Waals surface area (Å²) in [6.07, 6.45) is 7.85. The Kier molecular flexibility index (Phi) is 6.88. The largest absolute Gasteiger partial charge is 0.329 e. The third-order valence-electron chi connectivity index (χ3n) is 2.99. The second-order valence-electron chi connectivity index (χ2n) is 4.36. The Morgan fingerprint density at radius 2 is 2.25 bits per heavy atom. The molecule has 94 valence electrons. The molecule has 1 aliphatic rings. The number of nitrogens with one attached hydrogen (secondary N) is 1. The van der Waals surface area contributed by atoms with E-state index >= 15 is 0 Å². The third-order valence-corrected chi connectivity index (χ3v) is 3.69. The Balaban J connectivity index is 2.12. The Hall–Kier alpha value is -0.220. The fourth-order valence-electron chi connectivity index (χ4n) is 2.04. The average Bonchev–Trinajstić information content (AvgIpc) is 2.62. The van der Waals surface area contributed by atoms with Crippen LogP contribution in [0.4, 0.5) is 0 Å². The summed E-state index contributed by atoms with van der Waals surface area (Å²) in [5.41, 5.74) is 0. The van der Waals surface area contributed by atoms with E-state index in [1.807, 2.05) is 16.7 Å². The summed E-state index contributed by atoms with van der Waals surface area (Å²) in [6.45, 7) is 3.81. The molecule has 1 aliphatic heterocycles. The van der Waals surface area contributed by atoms with Gasteiger partial charge in [0, 0.05) is 6.54 Å². The van der Waals surface area contributed by atoms with Gasteiger partial charge in [-0.3, -0.25) is 10.1 Å². The lowest BCUT2D eigenvalue weighted by Gasteiger charge is -2.14. The predicted octanol–water partition coefficient (Wildman–Crippen LogP) is 2.08. The van der Waals surface area contributed by atoms with Crippen molar-refractivity contribution in [3.63, 3.8) is 0 Å². The second-order valence-corrected chi connectivity index (χ2v) is 5.34. The van der Waals surface area contributed by atoms with Crippen molar-refractivity contribution in [1.29, 1.82) is 0 Å². The molecule has 1 amide bonds. The molecule has 4 heteroatoms. The zero-order valence-corrected chi connectivity index (χ0v) is 11.3. The molecule has 1 atom stereocenters. The Morgan fingerprint density at radius 1 is 1.44 bits per heavy atom. The molecule has 1 unspecified atom stereocenters. The average molecular weight is 244 g/mol. The molecule has 1 heterocycles. The number of rotatable bonds is 8. The summed E-state index contributed by atoms with van der Waals surface area (Å²) < 4.78 is 0. The van der Waals surface area contributed by atoms with Gasteiger partial charge in [-0.15, -0.1) is 0 Å². The zero-order chi connectivity index (χ0) is 11.8. The van der Waals surface area contributed by atoms with E-state index in [1.165, 1.54) is 18.6 Å². The third kappa shape index (κ3) is 4.34. The van der Waals surface area contributed by atoms with Crippen LogP contribution in [0.25, 0.3) is 0 Å². The number of unbranched alkanes of at least 4 members (excludes halogenated alkanes) is 2. The first-order valence-corrected chi connectivity index (χ1v) is 7.70. The number of thioether (sulfide) groups is 1. The summed E-state index contributed by atoms with van der Waals surface area (Å²) in [6, 6.07) is 0.0937. The normalized spacial score (nSPS) is 20.8. The molecule has 3 nitrogen and oxygen atoms in total. The fourth-order valence-corrected chi connectivity index (χ4v) is 2.53. The number of hydrogen-bond acceptors (Lipinski definition) is 3. The summed E-state index contributed by atoms with van der Waals surface area (Å²) in [5.74, 6) is 1.55. The van der Waals surface area contributed by atoms with Crippen LogP contribution in [0, 0.1) is 0 Å². The van der Waals surface area contributed by atoms with Gasteiger partial charge in [0.1, 0.15) is 0 Å². The van der Waals surface area contributed by atoms with E-state index in [9.17, 15) is 4.79 Å². The van der Waals surface area contributed by atoms with E-state index in [-0.39, 0.29) is 6.04 Å². The van der Waals surface area contributed by atoms with Gasteiger partial charge in [-0.2, -0.15) is 11.8 Å². The minimum absolute atomic E-state index is 0.0937. The lowest BCUT2D eigenvalue weighted by molar-refractivity contribution is -0.129. The van der Waals surface area contributed by atoms with Gasteiger partial charge in [0.25, 0.3) is 0 Å². The SMILES string of the molecule is CCCC1NCN(CCCCCSC)C1=O. The highest BCUT2D eigenvalue weighted by molar-refractivity contribution is 7.98. The van der Waals surface area contributed by atoms with Crippen molar-refractivity contribution < 1.29 is 4.79 Å². The summed E-state index contributed by atoms with van der Waals surface area (Å²) >= 11 is 1.90. The van der Waals surface area contributed by atoms with Gasteiger partial charge in [-0.05, 0) is 31.3 Å². The summed E-state index contributed by atoms with van der Waals surface area (Å²) in [4.78, 5) is 13.8. The zero-order valence-electron chi connectivity index (χ0n) is 10.5. The highest BCUT2D eigenvalue weighted by Gasteiger charge is 2.29. The molecule has 0 aromatic rings. The Bertz CT molecular complexity index is 211. The topological polar surface area (TPSA) is 32.3 Å². The maximum Gasteiger partial charge on any atom is 0.240 e. The number of carbonyl (C=O) groups is 1. The highest BCUT2D eigenvalue weighted by Crippen LogP contribution is 2.10. The maximum atomic E-state index is 11.9. The van der Waals surface area contributed by atoms with Gasteiger partial charge < -0.3 is 4.90 Å². The number of amides is 1. The molecule has 16 heavy (non-hydrogen) atoms. The minimum Gasteiger partial charge on any atom is -0.329 e. The van der Waals surface area contributed by atoms with Crippen LogP contribution in [0.3, 0.4) is 0 Å². The van der Waals surface area contributed by atoms with Crippen LogP contribution in [0.1, 0.15) is 39.0 Å². The molecular weight excluding hydrogens is 220 g/mol. The molecule has 0 spiro atoms. The van der Waals surface area contributed by atoms with Gasteiger partial charge >= 0.3 is 0 Å². The molecule has 0 saturated carbocycles. The van der Waals surface area contributed by atoms with Crippen LogP contribution in [-0.4, -0.2) is 42.1 Å². The molecule has 0 aromatic heterocycles. The van der Waals surface area contributed by atoms with E-state index in [2.05, 4.69) is 18.5 Å². The molecule has 1 rings (SSSR count).